The van der Waals surface area contributed by atoms with Crippen LogP contribution in [-0.4, -0.2) is 70.3 Å². The van der Waals surface area contributed by atoms with Gasteiger partial charge in [-0.3, -0.25) is 4.79 Å². The van der Waals surface area contributed by atoms with Crippen LogP contribution in [0.1, 0.15) is 28.9 Å². The molecule has 2 aromatic heterocycles. The predicted octanol–water partition coefficient (Wildman–Crippen LogP) is 1.25. The van der Waals surface area contributed by atoms with Crippen molar-refractivity contribution in [3.63, 3.8) is 0 Å². The van der Waals surface area contributed by atoms with Crippen molar-refractivity contribution >= 4 is 11.7 Å². The number of aromatic nitrogens is 3. The van der Waals surface area contributed by atoms with E-state index in [1.807, 2.05) is 0 Å². The molecule has 2 aromatic rings. The van der Waals surface area contributed by atoms with Gasteiger partial charge in [-0.05, 0) is 31.0 Å². The quantitative estimate of drug-likeness (QED) is 0.824. The summed E-state index contributed by atoms with van der Waals surface area (Å²) in [7, 11) is 0. The first kappa shape index (κ1) is 19.2. The van der Waals surface area contributed by atoms with Gasteiger partial charge < -0.3 is 19.7 Å². The summed E-state index contributed by atoms with van der Waals surface area (Å²) in [6, 6.07) is 7.17. The van der Waals surface area contributed by atoms with E-state index in [9.17, 15) is 4.79 Å². The minimum absolute atomic E-state index is 0.00912. The molecule has 2 saturated heterocycles. The summed E-state index contributed by atoms with van der Waals surface area (Å²) in [5.74, 6) is 0.565. The molecular formula is C20H22N6O3. The van der Waals surface area contributed by atoms with Gasteiger partial charge in [0.25, 0.3) is 5.91 Å². The van der Waals surface area contributed by atoms with Crippen LogP contribution in [0.3, 0.4) is 0 Å². The Bertz CT molecular complexity index is 885. The van der Waals surface area contributed by atoms with E-state index in [2.05, 4.69) is 26.3 Å². The Kier molecular flexibility index (Phi) is 5.64. The largest absolute Gasteiger partial charge is 0.377 e. The van der Waals surface area contributed by atoms with Crippen molar-refractivity contribution < 1.29 is 14.3 Å². The summed E-state index contributed by atoms with van der Waals surface area (Å²) in [5, 5.41) is 12.1. The second-order valence-corrected chi connectivity index (χ2v) is 7.26. The van der Waals surface area contributed by atoms with E-state index >= 15 is 0 Å². The smallest absolute Gasteiger partial charge is 0.272 e. The first-order valence-electron chi connectivity index (χ1n) is 9.58. The van der Waals surface area contributed by atoms with Crippen molar-refractivity contribution in [1.82, 2.24) is 19.9 Å². The lowest BCUT2D eigenvalue weighted by atomic mass is 10.00. The zero-order valence-corrected chi connectivity index (χ0v) is 16.0. The van der Waals surface area contributed by atoms with E-state index in [-0.39, 0.29) is 12.0 Å². The van der Waals surface area contributed by atoms with Crippen LogP contribution in [0.4, 0.5) is 5.82 Å². The standard InChI is InChI=1S/C20H22N6O3/c21-9-15-1-2-18(23-10-15)24-11-16-3-5-20(29-16)12-26(7-8-28-13-20)19(27)17-4-6-22-14-25-17/h1-2,4,6,10,14,16H,3,5,7-8,11-13H2,(H,23,24)/t16-,20-/m0/s1. The summed E-state index contributed by atoms with van der Waals surface area (Å²) < 4.78 is 12.1. The Morgan fingerprint density at radius 1 is 1.38 bits per heavy atom. The van der Waals surface area contributed by atoms with Crippen molar-refractivity contribution in [2.24, 2.45) is 0 Å². The van der Waals surface area contributed by atoms with E-state index in [1.54, 1.807) is 29.3 Å². The van der Waals surface area contributed by atoms with Crippen LogP contribution in [0.25, 0.3) is 0 Å². The molecule has 0 aliphatic carbocycles. The first-order valence-corrected chi connectivity index (χ1v) is 9.58. The highest BCUT2D eigenvalue weighted by Gasteiger charge is 2.44. The molecule has 4 rings (SSSR count). The van der Waals surface area contributed by atoms with Crippen molar-refractivity contribution in [1.29, 1.82) is 5.26 Å². The normalized spacial score (nSPS) is 24.1. The monoisotopic (exact) mass is 394 g/mol. The lowest BCUT2D eigenvalue weighted by Crippen LogP contribution is -2.47. The van der Waals surface area contributed by atoms with Gasteiger partial charge in [0, 0.05) is 25.5 Å². The molecule has 9 nitrogen and oxygen atoms in total. The fraction of sp³-hybridized carbons (Fsp3) is 0.450. The minimum atomic E-state index is -0.510. The maximum atomic E-state index is 12.8. The molecule has 0 unspecified atom stereocenters. The van der Waals surface area contributed by atoms with Crippen LogP contribution in [0, 0.1) is 11.3 Å². The molecule has 0 saturated carbocycles. The number of carbonyl (C=O) groups is 1. The van der Waals surface area contributed by atoms with Crippen molar-refractivity contribution in [3.05, 3.63) is 48.2 Å². The Hall–Kier alpha value is -3.09. The Morgan fingerprint density at radius 2 is 2.31 bits per heavy atom. The van der Waals surface area contributed by atoms with E-state index in [0.717, 1.165) is 12.8 Å². The third-order valence-corrected chi connectivity index (χ3v) is 5.18. The highest BCUT2D eigenvalue weighted by Crippen LogP contribution is 2.33. The van der Waals surface area contributed by atoms with Crippen LogP contribution >= 0.6 is 0 Å². The molecule has 1 amide bonds. The molecule has 2 aliphatic rings. The predicted molar refractivity (Wildman–Crippen MR) is 103 cm³/mol. The van der Waals surface area contributed by atoms with Crippen LogP contribution in [0.5, 0.6) is 0 Å². The summed E-state index contributed by atoms with van der Waals surface area (Å²) in [6.07, 6.45) is 6.15. The number of rotatable bonds is 4. The average Bonchev–Trinajstić information content (AvgIpc) is 3.05. The molecule has 29 heavy (non-hydrogen) atoms. The highest BCUT2D eigenvalue weighted by atomic mass is 16.6. The molecule has 2 aliphatic heterocycles. The van der Waals surface area contributed by atoms with E-state index in [4.69, 9.17) is 14.7 Å². The number of nitrogens with zero attached hydrogens (tertiary/aromatic N) is 5. The fourth-order valence-electron chi connectivity index (χ4n) is 3.70. The van der Waals surface area contributed by atoms with E-state index in [1.165, 1.54) is 12.5 Å². The topological polar surface area (TPSA) is 113 Å². The van der Waals surface area contributed by atoms with Gasteiger partial charge in [-0.2, -0.15) is 5.26 Å². The second kappa shape index (κ2) is 8.51. The van der Waals surface area contributed by atoms with Gasteiger partial charge in [-0.1, -0.05) is 0 Å². The average molecular weight is 394 g/mol. The first-order chi connectivity index (χ1) is 14.2. The summed E-state index contributed by atoms with van der Waals surface area (Å²) >= 11 is 0. The molecule has 4 heterocycles. The number of hydrogen-bond donors (Lipinski definition) is 1. The van der Waals surface area contributed by atoms with E-state index in [0.29, 0.717) is 49.9 Å². The maximum absolute atomic E-state index is 12.8. The summed E-state index contributed by atoms with van der Waals surface area (Å²) in [6.45, 7) is 2.51. The van der Waals surface area contributed by atoms with Gasteiger partial charge in [0.15, 0.2) is 0 Å². The number of ether oxygens (including phenoxy) is 2. The van der Waals surface area contributed by atoms with Crippen LogP contribution in [0.15, 0.2) is 36.9 Å². The molecule has 2 fully saturated rings. The number of carbonyl (C=O) groups excluding carboxylic acids is 1. The summed E-state index contributed by atoms with van der Waals surface area (Å²) in [4.78, 5) is 26.7. The molecule has 2 atom stereocenters. The number of nitrogens with one attached hydrogen (secondary N) is 1. The zero-order chi connectivity index (χ0) is 20.1. The van der Waals surface area contributed by atoms with Gasteiger partial charge in [-0.15, -0.1) is 0 Å². The van der Waals surface area contributed by atoms with Crippen LogP contribution < -0.4 is 5.32 Å². The minimum Gasteiger partial charge on any atom is -0.377 e. The lowest BCUT2D eigenvalue weighted by Gasteiger charge is -2.31. The van der Waals surface area contributed by atoms with Crippen LogP contribution in [0.2, 0.25) is 0 Å². The molecule has 0 aromatic carbocycles. The van der Waals surface area contributed by atoms with Crippen LogP contribution in [-0.2, 0) is 9.47 Å². The summed E-state index contributed by atoms with van der Waals surface area (Å²) in [5.41, 5.74) is 0.389. The van der Waals surface area contributed by atoms with Crippen molar-refractivity contribution in [2.75, 3.05) is 38.2 Å². The SMILES string of the molecule is N#Cc1ccc(NC[C@@H]2CC[C@]3(COCCN(C(=O)c4ccncn4)C3)O2)nc1. The number of pyridine rings is 1. The van der Waals surface area contributed by atoms with E-state index < -0.39 is 5.60 Å². The fourth-order valence-corrected chi connectivity index (χ4v) is 3.70. The van der Waals surface area contributed by atoms with Gasteiger partial charge in [-0.25, -0.2) is 15.0 Å². The maximum Gasteiger partial charge on any atom is 0.272 e. The van der Waals surface area contributed by atoms with Gasteiger partial charge in [0.2, 0.25) is 0 Å². The second-order valence-electron chi connectivity index (χ2n) is 7.26. The Balaban J connectivity index is 1.37. The van der Waals surface area contributed by atoms with Gasteiger partial charge in [0.05, 0.1) is 31.4 Å². The highest BCUT2D eigenvalue weighted by molar-refractivity contribution is 5.92. The van der Waals surface area contributed by atoms with Crippen molar-refractivity contribution in [2.45, 2.75) is 24.5 Å². The Morgan fingerprint density at radius 3 is 3.07 bits per heavy atom. The molecule has 0 bridgehead atoms. The van der Waals surface area contributed by atoms with Crippen molar-refractivity contribution in [3.8, 4) is 6.07 Å². The number of anilines is 1. The molecular weight excluding hydrogens is 372 g/mol. The van der Waals surface area contributed by atoms with Gasteiger partial charge >= 0.3 is 0 Å². The molecule has 9 heteroatoms. The Labute approximate surface area is 168 Å². The third kappa shape index (κ3) is 4.50. The third-order valence-electron chi connectivity index (χ3n) is 5.18. The molecule has 150 valence electrons. The lowest BCUT2D eigenvalue weighted by molar-refractivity contribution is -0.0802. The zero-order valence-electron chi connectivity index (χ0n) is 16.0. The number of amides is 1. The molecule has 1 spiro atoms. The number of nitriles is 1. The van der Waals surface area contributed by atoms with Gasteiger partial charge in [0.1, 0.15) is 29.5 Å². The number of hydrogen-bond acceptors (Lipinski definition) is 8. The molecule has 0 radical (unpaired) electrons. The molecule has 1 N–H and O–H groups in total.